The van der Waals surface area contributed by atoms with Gasteiger partial charge < -0.3 is 10.6 Å². The Morgan fingerprint density at radius 3 is 2.89 bits per heavy atom. The zero-order valence-corrected chi connectivity index (χ0v) is 16.9. The molecular weight excluding hydrogens is 385 g/mol. The van der Waals surface area contributed by atoms with Crippen molar-refractivity contribution >= 4 is 35.8 Å². The highest BCUT2D eigenvalue weighted by Gasteiger charge is 2.24. The number of thioether (sulfide) groups is 1. The van der Waals surface area contributed by atoms with E-state index in [4.69, 9.17) is 0 Å². The summed E-state index contributed by atoms with van der Waals surface area (Å²) in [6.45, 7) is 3.13. The zero-order valence-electron chi connectivity index (χ0n) is 15.3. The van der Waals surface area contributed by atoms with Gasteiger partial charge in [0.05, 0.1) is 5.69 Å². The number of piperazine rings is 1. The number of anilines is 1. The minimum atomic E-state index is -0.223. The van der Waals surface area contributed by atoms with E-state index in [2.05, 4.69) is 15.5 Å². The summed E-state index contributed by atoms with van der Waals surface area (Å²) in [5.41, 5.74) is 1.80. The van der Waals surface area contributed by atoms with Crippen molar-refractivity contribution in [2.24, 2.45) is 0 Å². The molecule has 0 aliphatic carbocycles. The normalized spacial score (nSPS) is 17.2. The molecule has 2 aromatic rings. The third kappa shape index (κ3) is 5.94. The van der Waals surface area contributed by atoms with Gasteiger partial charge in [0.25, 0.3) is 0 Å². The molecule has 3 rings (SSSR count). The lowest BCUT2D eigenvalue weighted by Gasteiger charge is -2.36. The summed E-state index contributed by atoms with van der Waals surface area (Å²) in [5, 5.41) is 6.36. The number of para-hydroxylation sites is 1. The summed E-state index contributed by atoms with van der Waals surface area (Å²) in [7, 11) is 0. The first-order chi connectivity index (χ1) is 12.7. The third-order valence-corrected chi connectivity index (χ3v) is 5.39. The van der Waals surface area contributed by atoms with Crippen molar-refractivity contribution in [2.75, 3.05) is 37.8 Å². The summed E-state index contributed by atoms with van der Waals surface area (Å²) in [4.78, 5) is 15.7. The fourth-order valence-electron chi connectivity index (χ4n) is 3.26. The minimum absolute atomic E-state index is 0. The van der Waals surface area contributed by atoms with Crippen molar-refractivity contribution in [3.8, 4) is 0 Å². The van der Waals surface area contributed by atoms with E-state index >= 15 is 0 Å². The molecule has 1 aliphatic heterocycles. The molecule has 0 saturated carbocycles. The van der Waals surface area contributed by atoms with Gasteiger partial charge in [-0.3, -0.25) is 9.69 Å². The molecule has 27 heavy (non-hydrogen) atoms. The molecule has 0 radical (unpaired) electrons. The lowest BCUT2D eigenvalue weighted by Crippen LogP contribution is -2.46. The fourth-order valence-corrected chi connectivity index (χ4v) is 3.82. The van der Waals surface area contributed by atoms with Crippen LogP contribution in [0, 0.1) is 5.82 Å². The van der Waals surface area contributed by atoms with Crippen molar-refractivity contribution in [3.05, 3.63) is 59.9 Å². The topological polar surface area (TPSA) is 44.4 Å². The van der Waals surface area contributed by atoms with E-state index in [1.807, 2.05) is 36.6 Å². The second kappa shape index (κ2) is 10.7. The van der Waals surface area contributed by atoms with E-state index in [1.54, 1.807) is 23.9 Å². The van der Waals surface area contributed by atoms with Crippen LogP contribution in [0.15, 0.2) is 53.4 Å². The standard InChI is InChI=1S/C20H24FN3OS.ClH/c1-26-19-8-3-2-7-17(19)23-20(25)9-11-24-12-10-22-14-18(24)15-5-4-6-16(21)13-15;/h2-8,13,18,22H,9-12,14H2,1H3,(H,23,25);1H. The van der Waals surface area contributed by atoms with Crippen LogP contribution in [0.2, 0.25) is 0 Å². The number of hydrogen-bond donors (Lipinski definition) is 2. The maximum atomic E-state index is 13.6. The fraction of sp³-hybridized carbons (Fsp3) is 0.350. The predicted molar refractivity (Wildman–Crippen MR) is 112 cm³/mol. The van der Waals surface area contributed by atoms with Crippen molar-refractivity contribution in [1.82, 2.24) is 10.2 Å². The Labute approximate surface area is 170 Å². The average molecular weight is 410 g/mol. The van der Waals surface area contributed by atoms with Crippen molar-refractivity contribution in [2.45, 2.75) is 17.4 Å². The number of amides is 1. The van der Waals surface area contributed by atoms with Crippen LogP contribution >= 0.6 is 24.2 Å². The molecule has 1 heterocycles. The number of nitrogens with one attached hydrogen (secondary N) is 2. The van der Waals surface area contributed by atoms with Crippen LogP contribution in [0.5, 0.6) is 0 Å². The summed E-state index contributed by atoms with van der Waals surface area (Å²) >= 11 is 1.61. The molecule has 1 unspecified atom stereocenters. The maximum Gasteiger partial charge on any atom is 0.225 e. The number of hydrogen-bond acceptors (Lipinski definition) is 4. The van der Waals surface area contributed by atoms with Gasteiger partial charge in [0.2, 0.25) is 5.91 Å². The van der Waals surface area contributed by atoms with Gasteiger partial charge in [-0.15, -0.1) is 24.2 Å². The van der Waals surface area contributed by atoms with Crippen LogP contribution in [-0.2, 0) is 4.79 Å². The quantitative estimate of drug-likeness (QED) is 0.709. The SMILES string of the molecule is CSc1ccccc1NC(=O)CCN1CCNCC1c1cccc(F)c1.Cl. The summed E-state index contributed by atoms with van der Waals surface area (Å²) in [5.74, 6) is -0.220. The van der Waals surface area contributed by atoms with Crippen LogP contribution in [-0.4, -0.2) is 43.2 Å². The van der Waals surface area contributed by atoms with Crippen LogP contribution in [0.4, 0.5) is 10.1 Å². The molecule has 2 N–H and O–H groups in total. The van der Waals surface area contributed by atoms with Crippen LogP contribution in [0.25, 0.3) is 0 Å². The Balaban J connectivity index is 0.00000261. The van der Waals surface area contributed by atoms with E-state index in [0.29, 0.717) is 13.0 Å². The van der Waals surface area contributed by atoms with Gasteiger partial charge >= 0.3 is 0 Å². The highest BCUT2D eigenvalue weighted by molar-refractivity contribution is 7.98. The molecule has 7 heteroatoms. The highest BCUT2D eigenvalue weighted by Crippen LogP contribution is 2.25. The van der Waals surface area contributed by atoms with Gasteiger partial charge in [0.15, 0.2) is 0 Å². The van der Waals surface area contributed by atoms with Crippen molar-refractivity contribution in [3.63, 3.8) is 0 Å². The predicted octanol–water partition coefficient (Wildman–Crippen LogP) is 3.94. The summed E-state index contributed by atoms with van der Waals surface area (Å²) in [6.07, 6.45) is 2.41. The monoisotopic (exact) mass is 409 g/mol. The van der Waals surface area contributed by atoms with Crippen LogP contribution < -0.4 is 10.6 Å². The van der Waals surface area contributed by atoms with E-state index in [-0.39, 0.29) is 30.2 Å². The molecule has 0 aromatic heterocycles. The molecule has 4 nitrogen and oxygen atoms in total. The summed E-state index contributed by atoms with van der Waals surface area (Å²) in [6, 6.07) is 14.6. The van der Waals surface area contributed by atoms with Gasteiger partial charge in [-0.1, -0.05) is 24.3 Å². The number of rotatable bonds is 6. The Hall–Kier alpha value is -1.60. The average Bonchev–Trinajstić information content (AvgIpc) is 2.67. The Kier molecular flexibility index (Phi) is 8.57. The lowest BCUT2D eigenvalue weighted by atomic mass is 10.0. The Morgan fingerprint density at radius 1 is 1.30 bits per heavy atom. The largest absolute Gasteiger partial charge is 0.325 e. The molecule has 1 aliphatic rings. The molecule has 1 fully saturated rings. The smallest absolute Gasteiger partial charge is 0.225 e. The zero-order chi connectivity index (χ0) is 18.4. The number of halogens is 2. The highest BCUT2D eigenvalue weighted by atomic mass is 35.5. The third-order valence-electron chi connectivity index (χ3n) is 4.59. The lowest BCUT2D eigenvalue weighted by molar-refractivity contribution is -0.116. The number of nitrogens with zero attached hydrogens (tertiary/aromatic N) is 1. The van der Waals surface area contributed by atoms with E-state index in [0.717, 1.165) is 35.8 Å². The number of benzene rings is 2. The molecule has 0 bridgehead atoms. The van der Waals surface area contributed by atoms with E-state index in [1.165, 1.54) is 6.07 Å². The molecule has 1 atom stereocenters. The van der Waals surface area contributed by atoms with Gasteiger partial charge in [0, 0.05) is 43.5 Å². The molecule has 2 aromatic carbocycles. The first-order valence-electron chi connectivity index (χ1n) is 8.80. The van der Waals surface area contributed by atoms with Gasteiger partial charge in [-0.2, -0.15) is 0 Å². The molecule has 1 saturated heterocycles. The van der Waals surface area contributed by atoms with E-state index < -0.39 is 0 Å². The molecule has 146 valence electrons. The molecular formula is C20H25ClFN3OS. The van der Waals surface area contributed by atoms with Gasteiger partial charge in [-0.05, 0) is 36.1 Å². The first-order valence-corrected chi connectivity index (χ1v) is 10.0. The minimum Gasteiger partial charge on any atom is -0.325 e. The van der Waals surface area contributed by atoms with Crippen molar-refractivity contribution in [1.29, 1.82) is 0 Å². The van der Waals surface area contributed by atoms with Crippen molar-refractivity contribution < 1.29 is 9.18 Å². The molecule has 1 amide bonds. The summed E-state index contributed by atoms with van der Waals surface area (Å²) < 4.78 is 13.6. The van der Waals surface area contributed by atoms with Gasteiger partial charge in [0.1, 0.15) is 5.82 Å². The molecule has 0 spiro atoms. The maximum absolute atomic E-state index is 13.6. The van der Waals surface area contributed by atoms with E-state index in [9.17, 15) is 9.18 Å². The van der Waals surface area contributed by atoms with Gasteiger partial charge in [-0.25, -0.2) is 4.39 Å². The second-order valence-electron chi connectivity index (χ2n) is 6.31. The Bertz CT molecular complexity index is 762. The number of carbonyl (C=O) groups is 1. The van der Waals surface area contributed by atoms with Crippen LogP contribution in [0.3, 0.4) is 0 Å². The Morgan fingerprint density at radius 2 is 2.11 bits per heavy atom. The second-order valence-corrected chi connectivity index (χ2v) is 7.16. The van der Waals surface area contributed by atoms with Crippen LogP contribution in [0.1, 0.15) is 18.0 Å². The number of carbonyl (C=O) groups excluding carboxylic acids is 1. The first kappa shape index (κ1) is 21.7.